The number of phenols is 1. The summed E-state index contributed by atoms with van der Waals surface area (Å²) in [4.78, 5) is 38.7. The third-order valence-corrected chi connectivity index (χ3v) is 4.88. The van der Waals surface area contributed by atoms with Gasteiger partial charge < -0.3 is 14.6 Å². The summed E-state index contributed by atoms with van der Waals surface area (Å²) >= 11 is 0.697. The normalized spacial score (nSPS) is 14.9. The number of carbonyl (C=O) groups excluding carboxylic acids is 3. The minimum Gasteiger partial charge on any atom is -0.503 e. The molecular weight excluding hydrogens is 422 g/mol. The number of urea groups is 1. The number of nitriles is 1. The van der Waals surface area contributed by atoms with Crippen LogP contribution in [0.15, 0.2) is 46.9 Å². The van der Waals surface area contributed by atoms with E-state index in [1.165, 1.54) is 37.5 Å². The molecule has 4 amide bonds. The van der Waals surface area contributed by atoms with Gasteiger partial charge in [0.25, 0.3) is 11.8 Å². The first-order chi connectivity index (χ1) is 14.9. The van der Waals surface area contributed by atoms with E-state index in [-0.39, 0.29) is 27.7 Å². The maximum atomic E-state index is 13.0. The number of anilines is 1. The van der Waals surface area contributed by atoms with E-state index in [1.807, 2.05) is 12.3 Å². The predicted molar refractivity (Wildman–Crippen MR) is 113 cm³/mol. The number of amides is 4. The maximum Gasteiger partial charge on any atom is 0.335 e. The SMILES string of the molecule is CCOc1ccc(N2C(=O)NC(=O)/C(=C/c3cc(OC)c(O)c(SC#N)c3)C2=O)cc1. The molecule has 1 saturated heterocycles. The number of rotatable bonds is 6. The van der Waals surface area contributed by atoms with Crippen LogP contribution in [0.2, 0.25) is 0 Å². The van der Waals surface area contributed by atoms with E-state index in [9.17, 15) is 19.5 Å². The van der Waals surface area contributed by atoms with Crippen molar-refractivity contribution in [2.45, 2.75) is 11.8 Å². The zero-order valence-electron chi connectivity index (χ0n) is 16.5. The Labute approximate surface area is 181 Å². The van der Waals surface area contributed by atoms with Gasteiger partial charge in [-0.15, -0.1) is 0 Å². The molecule has 1 aliphatic heterocycles. The summed E-state index contributed by atoms with van der Waals surface area (Å²) < 4.78 is 10.4. The first kappa shape index (κ1) is 21.7. The number of benzene rings is 2. The average molecular weight is 439 g/mol. The minimum atomic E-state index is -0.875. The molecule has 0 radical (unpaired) electrons. The third kappa shape index (κ3) is 4.46. The van der Waals surface area contributed by atoms with Gasteiger partial charge >= 0.3 is 6.03 Å². The number of nitrogens with one attached hydrogen (secondary N) is 1. The zero-order valence-corrected chi connectivity index (χ0v) is 17.4. The van der Waals surface area contributed by atoms with E-state index in [0.29, 0.717) is 29.7 Å². The van der Waals surface area contributed by atoms with E-state index in [4.69, 9.17) is 14.7 Å². The van der Waals surface area contributed by atoms with Crippen molar-refractivity contribution in [3.63, 3.8) is 0 Å². The highest BCUT2D eigenvalue weighted by Crippen LogP contribution is 2.38. The molecule has 0 bridgehead atoms. The lowest BCUT2D eigenvalue weighted by atomic mass is 10.1. The standard InChI is InChI=1S/C21H17N3O6S/c1-3-30-14-6-4-13(5-7-14)24-20(27)15(19(26)23-21(24)28)8-12-9-16(29-2)18(25)17(10-12)31-11-22/h4-10,25H,3H2,1-2H3,(H,23,26,28)/b15-8-. The highest BCUT2D eigenvalue weighted by atomic mass is 32.2. The summed E-state index contributed by atoms with van der Waals surface area (Å²) in [6.07, 6.45) is 1.26. The Morgan fingerprint density at radius 3 is 2.55 bits per heavy atom. The topological polar surface area (TPSA) is 129 Å². The van der Waals surface area contributed by atoms with Crippen LogP contribution in [-0.2, 0) is 9.59 Å². The van der Waals surface area contributed by atoms with Gasteiger partial charge in [0.05, 0.1) is 24.3 Å². The molecule has 3 rings (SSSR count). The number of aromatic hydroxyl groups is 1. The van der Waals surface area contributed by atoms with Crippen LogP contribution in [0.5, 0.6) is 17.2 Å². The molecule has 0 spiro atoms. The second-order valence-corrected chi connectivity index (χ2v) is 6.97. The molecule has 2 N–H and O–H groups in total. The van der Waals surface area contributed by atoms with Crippen molar-refractivity contribution in [3.8, 4) is 22.6 Å². The van der Waals surface area contributed by atoms with E-state index < -0.39 is 17.8 Å². The molecule has 0 saturated carbocycles. The number of hydrogen-bond acceptors (Lipinski definition) is 8. The molecule has 1 aliphatic rings. The molecule has 2 aromatic rings. The molecule has 0 atom stereocenters. The fraction of sp³-hybridized carbons (Fsp3) is 0.143. The van der Waals surface area contributed by atoms with Gasteiger partial charge in [-0.3, -0.25) is 14.9 Å². The monoisotopic (exact) mass is 439 g/mol. The van der Waals surface area contributed by atoms with Crippen LogP contribution < -0.4 is 19.7 Å². The molecule has 31 heavy (non-hydrogen) atoms. The molecule has 10 heteroatoms. The van der Waals surface area contributed by atoms with Crippen molar-refractivity contribution in [1.82, 2.24) is 5.32 Å². The van der Waals surface area contributed by atoms with Crippen LogP contribution in [0.25, 0.3) is 6.08 Å². The average Bonchev–Trinajstić information content (AvgIpc) is 2.74. The van der Waals surface area contributed by atoms with E-state index >= 15 is 0 Å². The number of thiocyanates is 1. The second-order valence-electron chi connectivity index (χ2n) is 6.15. The summed E-state index contributed by atoms with van der Waals surface area (Å²) in [7, 11) is 1.33. The van der Waals surface area contributed by atoms with Crippen LogP contribution >= 0.6 is 11.8 Å². The van der Waals surface area contributed by atoms with Gasteiger partial charge in [-0.25, -0.2) is 9.69 Å². The molecule has 1 heterocycles. The predicted octanol–water partition coefficient (Wildman–Crippen LogP) is 3.04. The quantitative estimate of drug-likeness (QED) is 0.304. The zero-order chi connectivity index (χ0) is 22.5. The Hall–Kier alpha value is -3.97. The Bertz CT molecular complexity index is 1120. The van der Waals surface area contributed by atoms with Crippen LogP contribution in [0, 0.1) is 10.7 Å². The van der Waals surface area contributed by atoms with Crippen LogP contribution in [0.3, 0.4) is 0 Å². The number of methoxy groups -OCH3 is 1. The van der Waals surface area contributed by atoms with Crippen molar-refractivity contribution >= 4 is 41.4 Å². The van der Waals surface area contributed by atoms with E-state index in [1.54, 1.807) is 12.1 Å². The first-order valence-corrected chi connectivity index (χ1v) is 9.82. The molecule has 0 aliphatic carbocycles. The lowest BCUT2D eigenvalue weighted by Gasteiger charge is -2.26. The number of thioether (sulfide) groups is 1. The van der Waals surface area contributed by atoms with Crippen molar-refractivity contribution in [2.75, 3.05) is 18.6 Å². The van der Waals surface area contributed by atoms with Gasteiger partial charge in [0.15, 0.2) is 11.5 Å². The second kappa shape index (κ2) is 9.23. The molecule has 9 nitrogen and oxygen atoms in total. The lowest BCUT2D eigenvalue weighted by Crippen LogP contribution is -2.54. The number of ether oxygens (including phenoxy) is 2. The van der Waals surface area contributed by atoms with Gasteiger partial charge in [0, 0.05) is 0 Å². The van der Waals surface area contributed by atoms with Gasteiger partial charge in [0.2, 0.25) is 0 Å². The number of barbiturate groups is 1. The van der Waals surface area contributed by atoms with Crippen molar-refractivity contribution < 1.29 is 29.0 Å². The summed E-state index contributed by atoms with van der Waals surface area (Å²) in [5.41, 5.74) is 0.286. The molecule has 1 fully saturated rings. The van der Waals surface area contributed by atoms with E-state index in [0.717, 1.165) is 4.90 Å². The third-order valence-electron chi connectivity index (χ3n) is 4.26. The fourth-order valence-electron chi connectivity index (χ4n) is 2.89. The highest BCUT2D eigenvalue weighted by molar-refractivity contribution is 8.03. The van der Waals surface area contributed by atoms with Gasteiger partial charge in [-0.1, -0.05) is 0 Å². The van der Waals surface area contributed by atoms with Crippen LogP contribution in [0.1, 0.15) is 12.5 Å². The summed E-state index contributed by atoms with van der Waals surface area (Å²) in [6.45, 7) is 2.29. The maximum absolute atomic E-state index is 13.0. The van der Waals surface area contributed by atoms with E-state index in [2.05, 4.69) is 5.32 Å². The Morgan fingerprint density at radius 1 is 1.23 bits per heavy atom. The number of imide groups is 2. The summed E-state index contributed by atoms with van der Waals surface area (Å²) in [5.74, 6) is -1.28. The lowest BCUT2D eigenvalue weighted by molar-refractivity contribution is -0.122. The Kier molecular flexibility index (Phi) is 6.47. The van der Waals surface area contributed by atoms with Gasteiger partial charge in [0.1, 0.15) is 16.7 Å². The molecule has 158 valence electrons. The summed E-state index contributed by atoms with van der Waals surface area (Å²) in [5, 5.41) is 23.0. The number of nitrogens with zero attached hydrogens (tertiary/aromatic N) is 2. The van der Waals surface area contributed by atoms with Gasteiger partial charge in [-0.05, 0) is 66.7 Å². The largest absolute Gasteiger partial charge is 0.503 e. The smallest absolute Gasteiger partial charge is 0.335 e. The first-order valence-electron chi connectivity index (χ1n) is 9.00. The highest BCUT2D eigenvalue weighted by Gasteiger charge is 2.36. The van der Waals surface area contributed by atoms with Crippen molar-refractivity contribution in [3.05, 3.63) is 47.5 Å². The summed E-state index contributed by atoms with van der Waals surface area (Å²) in [6, 6.07) is 8.23. The molecule has 0 aromatic heterocycles. The van der Waals surface area contributed by atoms with Crippen LogP contribution in [-0.4, -0.2) is 36.7 Å². The van der Waals surface area contributed by atoms with Gasteiger partial charge in [-0.2, -0.15) is 5.26 Å². The Morgan fingerprint density at radius 2 is 1.94 bits per heavy atom. The minimum absolute atomic E-state index is 0.0650. The van der Waals surface area contributed by atoms with Crippen LogP contribution in [0.4, 0.5) is 10.5 Å². The molecule has 0 unspecified atom stereocenters. The van der Waals surface area contributed by atoms with Crippen molar-refractivity contribution in [2.24, 2.45) is 0 Å². The number of phenolic OH excluding ortho intramolecular Hbond substituents is 1. The number of hydrogen-bond donors (Lipinski definition) is 2. The molecule has 2 aromatic carbocycles. The Balaban J connectivity index is 2.01. The molecular formula is C21H17N3O6S. The van der Waals surface area contributed by atoms with Crippen molar-refractivity contribution in [1.29, 1.82) is 5.26 Å². The number of carbonyl (C=O) groups is 3. The fourth-order valence-corrected chi connectivity index (χ4v) is 3.38.